The van der Waals surface area contributed by atoms with Crippen LogP contribution in [-0.4, -0.2) is 56.9 Å². The Bertz CT molecular complexity index is 303. The smallest absolute Gasteiger partial charge is 0.215 e. The van der Waals surface area contributed by atoms with Gasteiger partial charge in [0.2, 0.25) is 10.0 Å². The van der Waals surface area contributed by atoms with Gasteiger partial charge in [-0.05, 0) is 6.92 Å². The van der Waals surface area contributed by atoms with Gasteiger partial charge >= 0.3 is 0 Å². The van der Waals surface area contributed by atoms with Crippen molar-refractivity contribution in [3.8, 4) is 0 Å². The first-order valence-electron chi connectivity index (χ1n) is 5.74. The number of sulfonamides is 1. The fourth-order valence-electron chi connectivity index (χ4n) is 1.72. The van der Waals surface area contributed by atoms with Crippen LogP contribution >= 0.6 is 0 Å². The second-order valence-corrected chi connectivity index (χ2v) is 6.50. The molecule has 0 bridgehead atoms. The van der Waals surface area contributed by atoms with Gasteiger partial charge in [-0.2, -0.15) is 4.31 Å². The highest BCUT2D eigenvalue weighted by atomic mass is 32.2. The number of nitrogens with zero attached hydrogens (tertiary/aromatic N) is 1. The highest BCUT2D eigenvalue weighted by Gasteiger charge is 2.29. The van der Waals surface area contributed by atoms with Gasteiger partial charge in [-0.15, -0.1) is 0 Å². The van der Waals surface area contributed by atoms with E-state index in [1.165, 1.54) is 0 Å². The van der Waals surface area contributed by atoms with Crippen molar-refractivity contribution in [1.29, 1.82) is 0 Å². The minimum atomic E-state index is -3.14. The molecule has 5 nitrogen and oxygen atoms in total. The zero-order valence-electron chi connectivity index (χ0n) is 10.3. The maximum atomic E-state index is 12.0. The number of nitrogens with one attached hydrogen (secondary N) is 1. The first-order valence-corrected chi connectivity index (χ1v) is 7.35. The van der Waals surface area contributed by atoms with Crippen LogP contribution in [0.2, 0.25) is 0 Å². The molecule has 1 fully saturated rings. The molecule has 1 heterocycles. The standard InChI is InChI=1S/C10H22N2O3S/c1-9(2)11-4-7-16(13,14)12-5-6-15-8-10(12)3/h9-11H,4-8H2,1-3H3. The number of morpholine rings is 1. The summed E-state index contributed by atoms with van der Waals surface area (Å²) in [4.78, 5) is 0. The van der Waals surface area contributed by atoms with E-state index >= 15 is 0 Å². The maximum Gasteiger partial charge on any atom is 0.215 e. The van der Waals surface area contributed by atoms with Gasteiger partial charge in [-0.3, -0.25) is 0 Å². The van der Waals surface area contributed by atoms with Crippen molar-refractivity contribution in [3.63, 3.8) is 0 Å². The second kappa shape index (κ2) is 5.95. The van der Waals surface area contributed by atoms with E-state index < -0.39 is 10.0 Å². The lowest BCUT2D eigenvalue weighted by Gasteiger charge is -2.32. The van der Waals surface area contributed by atoms with Gasteiger partial charge in [0.25, 0.3) is 0 Å². The molecule has 0 spiro atoms. The Balaban J connectivity index is 2.48. The Kier molecular flexibility index (Phi) is 5.17. The first kappa shape index (κ1) is 13.9. The van der Waals surface area contributed by atoms with Gasteiger partial charge in [0, 0.05) is 25.2 Å². The maximum absolute atomic E-state index is 12.0. The summed E-state index contributed by atoms with van der Waals surface area (Å²) in [6.07, 6.45) is 0. The summed E-state index contributed by atoms with van der Waals surface area (Å²) >= 11 is 0. The fourth-order valence-corrected chi connectivity index (χ4v) is 3.29. The highest BCUT2D eigenvalue weighted by Crippen LogP contribution is 2.11. The second-order valence-electron chi connectivity index (χ2n) is 4.46. The summed E-state index contributed by atoms with van der Waals surface area (Å²) in [6, 6.07) is 0.273. The summed E-state index contributed by atoms with van der Waals surface area (Å²) in [7, 11) is -3.14. The molecule has 6 heteroatoms. The van der Waals surface area contributed by atoms with Crippen molar-refractivity contribution < 1.29 is 13.2 Å². The van der Waals surface area contributed by atoms with Gasteiger partial charge in [0.05, 0.1) is 19.0 Å². The fraction of sp³-hybridized carbons (Fsp3) is 1.00. The molecule has 1 aliphatic rings. The quantitative estimate of drug-likeness (QED) is 0.748. The Morgan fingerprint density at radius 2 is 2.19 bits per heavy atom. The van der Waals surface area contributed by atoms with Crippen LogP contribution in [0.25, 0.3) is 0 Å². The largest absolute Gasteiger partial charge is 0.378 e. The van der Waals surface area contributed by atoms with Crippen LogP contribution in [0.3, 0.4) is 0 Å². The third kappa shape index (κ3) is 4.01. The molecule has 96 valence electrons. The van der Waals surface area contributed by atoms with E-state index in [2.05, 4.69) is 5.32 Å². The molecule has 1 N–H and O–H groups in total. The van der Waals surface area contributed by atoms with Crippen LogP contribution in [0.15, 0.2) is 0 Å². The van der Waals surface area contributed by atoms with E-state index in [1.54, 1.807) is 4.31 Å². The lowest BCUT2D eigenvalue weighted by Crippen LogP contribution is -2.49. The number of ether oxygens (including phenoxy) is 1. The SMILES string of the molecule is CC(C)NCCS(=O)(=O)N1CCOCC1C. The minimum absolute atomic E-state index is 0.0437. The molecule has 0 amide bonds. The number of hydrogen-bond acceptors (Lipinski definition) is 4. The van der Waals surface area contributed by atoms with E-state index in [0.717, 1.165) is 0 Å². The Labute approximate surface area is 98.2 Å². The zero-order chi connectivity index (χ0) is 12.2. The first-order chi connectivity index (χ1) is 7.43. The van der Waals surface area contributed by atoms with Gasteiger partial charge in [-0.1, -0.05) is 13.8 Å². The molecule has 16 heavy (non-hydrogen) atoms. The van der Waals surface area contributed by atoms with Gasteiger partial charge in [0.15, 0.2) is 0 Å². The van der Waals surface area contributed by atoms with Crippen LogP contribution in [0, 0.1) is 0 Å². The summed E-state index contributed by atoms with van der Waals surface area (Å²) in [6.45, 7) is 7.87. The minimum Gasteiger partial charge on any atom is -0.378 e. The average molecular weight is 250 g/mol. The molecule has 1 unspecified atom stereocenters. The van der Waals surface area contributed by atoms with Crippen LogP contribution in [0.4, 0.5) is 0 Å². The van der Waals surface area contributed by atoms with Crippen LogP contribution in [-0.2, 0) is 14.8 Å². The molecule has 0 aliphatic carbocycles. The summed E-state index contributed by atoms with van der Waals surface area (Å²) in [5, 5.41) is 3.12. The molecule has 1 rings (SSSR count). The average Bonchev–Trinajstić information content (AvgIpc) is 2.17. The van der Waals surface area contributed by atoms with Crippen molar-refractivity contribution in [1.82, 2.24) is 9.62 Å². The molecule has 1 saturated heterocycles. The molecule has 0 aromatic rings. The van der Waals surface area contributed by atoms with Crippen molar-refractivity contribution in [2.24, 2.45) is 0 Å². The van der Waals surface area contributed by atoms with E-state index in [-0.39, 0.29) is 11.8 Å². The van der Waals surface area contributed by atoms with E-state index in [1.807, 2.05) is 20.8 Å². The van der Waals surface area contributed by atoms with E-state index in [4.69, 9.17) is 4.74 Å². The van der Waals surface area contributed by atoms with Crippen molar-refractivity contribution >= 4 is 10.0 Å². The molecule has 0 aromatic carbocycles. The van der Waals surface area contributed by atoms with Crippen LogP contribution < -0.4 is 5.32 Å². The summed E-state index contributed by atoms with van der Waals surface area (Å²) in [5.74, 6) is 0.162. The van der Waals surface area contributed by atoms with Gasteiger partial charge in [0.1, 0.15) is 0 Å². The number of rotatable bonds is 5. The molecule has 0 aromatic heterocycles. The van der Waals surface area contributed by atoms with E-state index in [0.29, 0.717) is 32.3 Å². The molecule has 1 atom stereocenters. The van der Waals surface area contributed by atoms with E-state index in [9.17, 15) is 8.42 Å². The molecular weight excluding hydrogens is 228 g/mol. The Morgan fingerprint density at radius 3 is 2.75 bits per heavy atom. The summed E-state index contributed by atoms with van der Waals surface area (Å²) in [5.41, 5.74) is 0. The summed E-state index contributed by atoms with van der Waals surface area (Å²) < 4.78 is 30.8. The van der Waals surface area contributed by atoms with Gasteiger partial charge < -0.3 is 10.1 Å². The highest BCUT2D eigenvalue weighted by molar-refractivity contribution is 7.89. The molecular formula is C10H22N2O3S. The third-order valence-electron chi connectivity index (χ3n) is 2.58. The van der Waals surface area contributed by atoms with Crippen molar-refractivity contribution in [2.75, 3.05) is 32.1 Å². The predicted molar refractivity (Wildman–Crippen MR) is 63.9 cm³/mol. The lowest BCUT2D eigenvalue weighted by molar-refractivity contribution is 0.0393. The van der Waals surface area contributed by atoms with Crippen molar-refractivity contribution in [3.05, 3.63) is 0 Å². The normalized spacial score (nSPS) is 23.9. The van der Waals surface area contributed by atoms with Crippen LogP contribution in [0.1, 0.15) is 20.8 Å². The molecule has 0 saturated carbocycles. The molecule has 0 radical (unpaired) electrons. The van der Waals surface area contributed by atoms with Gasteiger partial charge in [-0.25, -0.2) is 8.42 Å². The Morgan fingerprint density at radius 1 is 1.50 bits per heavy atom. The van der Waals surface area contributed by atoms with Crippen molar-refractivity contribution in [2.45, 2.75) is 32.9 Å². The monoisotopic (exact) mass is 250 g/mol. The molecule has 1 aliphatic heterocycles. The predicted octanol–water partition coefficient (Wildman–Crippen LogP) is 0.0349. The Hall–Kier alpha value is -0.170. The topological polar surface area (TPSA) is 58.6 Å². The van der Waals surface area contributed by atoms with Crippen LogP contribution in [0.5, 0.6) is 0 Å². The third-order valence-corrected chi connectivity index (χ3v) is 4.55. The number of hydrogen-bond donors (Lipinski definition) is 1. The lowest BCUT2D eigenvalue weighted by atomic mass is 10.3. The zero-order valence-corrected chi connectivity index (χ0v) is 11.1.